The Balaban J connectivity index is 2.16. The molecule has 0 saturated heterocycles. The summed E-state index contributed by atoms with van der Waals surface area (Å²) >= 11 is 9.55. The molecule has 6 heteroatoms. The zero-order valence-electron chi connectivity index (χ0n) is 12.7. The van der Waals surface area contributed by atoms with Crippen molar-refractivity contribution < 1.29 is 8.42 Å². The summed E-state index contributed by atoms with van der Waals surface area (Å²) in [5.74, 6) is 0. The maximum atomic E-state index is 13.0. The largest absolute Gasteiger partial charge is 0.264 e. The van der Waals surface area contributed by atoms with Crippen molar-refractivity contribution in [1.82, 2.24) is 0 Å². The van der Waals surface area contributed by atoms with E-state index in [-0.39, 0.29) is 4.90 Å². The monoisotopic (exact) mass is 411 g/mol. The molecule has 0 bridgehead atoms. The van der Waals surface area contributed by atoms with Gasteiger partial charge in [-0.1, -0.05) is 35.4 Å². The average Bonchev–Trinajstić information content (AvgIpc) is 2.50. The molecule has 3 nitrogen and oxygen atoms in total. The Morgan fingerprint density at radius 3 is 2.43 bits per heavy atom. The van der Waals surface area contributed by atoms with Gasteiger partial charge in [0.15, 0.2) is 0 Å². The van der Waals surface area contributed by atoms with Gasteiger partial charge in [-0.3, -0.25) is 4.31 Å². The molecular weight excluding hydrogens is 398 g/mol. The third-order valence-electron chi connectivity index (χ3n) is 3.90. The zero-order valence-corrected chi connectivity index (χ0v) is 15.8. The van der Waals surface area contributed by atoms with Gasteiger partial charge in [-0.15, -0.1) is 0 Å². The highest BCUT2D eigenvalue weighted by atomic mass is 79.9. The maximum absolute atomic E-state index is 13.0. The molecule has 0 aromatic heterocycles. The lowest BCUT2D eigenvalue weighted by molar-refractivity contribution is 0.592. The van der Waals surface area contributed by atoms with Crippen LogP contribution in [-0.2, 0) is 10.0 Å². The van der Waals surface area contributed by atoms with E-state index in [1.54, 1.807) is 36.4 Å². The number of fused-ring (bicyclic) bond motifs is 1. The quantitative estimate of drug-likeness (QED) is 0.694. The van der Waals surface area contributed by atoms with E-state index < -0.39 is 10.0 Å². The van der Waals surface area contributed by atoms with E-state index in [9.17, 15) is 8.42 Å². The fraction of sp³-hybridized carbons (Fsp3) is 0.176. The molecule has 0 unspecified atom stereocenters. The first-order chi connectivity index (χ1) is 10.8. The van der Waals surface area contributed by atoms with Gasteiger partial charge in [0.25, 0.3) is 10.0 Å². The van der Waals surface area contributed by atoms with Crippen LogP contribution in [0.2, 0.25) is 5.02 Å². The van der Waals surface area contributed by atoms with Crippen molar-refractivity contribution in [3.05, 3.63) is 63.1 Å². The molecule has 2 aromatic rings. The Hall–Kier alpha value is -1.30. The zero-order chi connectivity index (χ0) is 16.8. The molecule has 1 heterocycles. The summed E-state index contributed by atoms with van der Waals surface area (Å²) in [5, 5.41) is 0.561. The Morgan fingerprint density at radius 2 is 1.78 bits per heavy atom. The van der Waals surface area contributed by atoms with Crippen molar-refractivity contribution in [2.24, 2.45) is 0 Å². The van der Waals surface area contributed by atoms with Gasteiger partial charge in [0.1, 0.15) is 0 Å². The first-order valence-electron chi connectivity index (χ1n) is 7.06. The highest BCUT2D eigenvalue weighted by molar-refractivity contribution is 9.10. The van der Waals surface area contributed by atoms with Crippen molar-refractivity contribution in [2.75, 3.05) is 10.8 Å². The minimum absolute atomic E-state index is 0.285. The molecule has 3 rings (SSSR count). The number of benzene rings is 2. The van der Waals surface area contributed by atoms with Gasteiger partial charge < -0.3 is 0 Å². The van der Waals surface area contributed by atoms with Crippen LogP contribution in [0.5, 0.6) is 0 Å². The van der Waals surface area contributed by atoms with E-state index in [4.69, 9.17) is 11.6 Å². The van der Waals surface area contributed by atoms with E-state index in [0.29, 0.717) is 21.7 Å². The second-order valence-electron chi connectivity index (χ2n) is 5.52. The van der Waals surface area contributed by atoms with Gasteiger partial charge in [-0.05, 0) is 59.6 Å². The lowest BCUT2D eigenvalue weighted by Gasteiger charge is -2.30. The fourth-order valence-corrected chi connectivity index (χ4v) is 4.46. The predicted molar refractivity (Wildman–Crippen MR) is 98.5 cm³/mol. The van der Waals surface area contributed by atoms with Gasteiger partial charge in [-0.25, -0.2) is 8.42 Å². The van der Waals surface area contributed by atoms with Gasteiger partial charge >= 0.3 is 0 Å². The van der Waals surface area contributed by atoms with E-state index in [1.807, 2.05) is 19.9 Å². The lowest BCUT2D eigenvalue weighted by atomic mass is 10.0. The minimum Gasteiger partial charge on any atom is -0.262 e. The first-order valence-corrected chi connectivity index (χ1v) is 9.67. The summed E-state index contributed by atoms with van der Waals surface area (Å²) in [7, 11) is -3.62. The normalized spacial score (nSPS) is 14.4. The number of aryl methyl sites for hydroxylation is 1. The number of anilines is 1. The van der Waals surface area contributed by atoms with Crippen molar-refractivity contribution in [1.29, 1.82) is 0 Å². The first kappa shape index (κ1) is 16.6. The molecule has 0 N–H and O–H groups in total. The number of hydrogen-bond acceptors (Lipinski definition) is 2. The van der Waals surface area contributed by atoms with Crippen LogP contribution in [0.25, 0.3) is 5.57 Å². The number of rotatable bonds is 2. The van der Waals surface area contributed by atoms with E-state index in [1.165, 1.54) is 4.31 Å². The summed E-state index contributed by atoms with van der Waals surface area (Å²) < 4.78 is 28.1. The number of nitrogens with zero attached hydrogens (tertiary/aromatic N) is 1. The molecule has 0 amide bonds. The molecule has 0 radical (unpaired) electrons. The van der Waals surface area contributed by atoms with E-state index in [0.717, 1.165) is 16.7 Å². The number of sulfonamides is 1. The summed E-state index contributed by atoms with van der Waals surface area (Å²) in [4.78, 5) is 0.285. The third kappa shape index (κ3) is 2.93. The molecule has 0 saturated carbocycles. The Kier molecular flexibility index (Phi) is 4.29. The molecule has 0 spiro atoms. The molecule has 23 heavy (non-hydrogen) atoms. The second-order valence-corrected chi connectivity index (χ2v) is 8.64. The second kappa shape index (κ2) is 5.96. The minimum atomic E-state index is -3.62. The molecule has 1 aliphatic heterocycles. The van der Waals surface area contributed by atoms with Crippen LogP contribution in [-0.4, -0.2) is 15.0 Å². The summed E-state index contributed by atoms with van der Waals surface area (Å²) in [6.45, 7) is 4.19. The van der Waals surface area contributed by atoms with Crippen LogP contribution >= 0.6 is 27.5 Å². The molecule has 1 aliphatic rings. The van der Waals surface area contributed by atoms with Crippen molar-refractivity contribution >= 4 is 48.8 Å². The van der Waals surface area contributed by atoms with Gasteiger partial charge in [0, 0.05) is 10.0 Å². The van der Waals surface area contributed by atoms with Crippen LogP contribution in [0, 0.1) is 6.92 Å². The molecule has 0 atom stereocenters. The third-order valence-corrected chi connectivity index (χ3v) is 6.90. The smallest absolute Gasteiger partial charge is 0.262 e. The molecular formula is C17H15BrClNO2S. The molecule has 0 fully saturated rings. The Labute approximate surface area is 149 Å². The number of allylic oxidation sites excluding steroid dienone is 1. The summed E-state index contributed by atoms with van der Waals surface area (Å²) in [5.41, 5.74) is 3.51. The van der Waals surface area contributed by atoms with Gasteiger partial charge in [-0.2, -0.15) is 0 Å². The average molecular weight is 413 g/mol. The number of halogens is 2. The molecule has 120 valence electrons. The SMILES string of the molecule is CC1=CCN(S(=O)(=O)c2ccc(C)cc2)c2cc(Br)c(Cl)cc21. The van der Waals surface area contributed by atoms with E-state index in [2.05, 4.69) is 15.9 Å². The topological polar surface area (TPSA) is 37.4 Å². The standard InChI is InChI=1S/C17H15BrClNO2S/c1-11-3-5-13(6-4-11)23(21,22)20-8-7-12(2)14-9-16(19)15(18)10-17(14)20/h3-7,9-10H,8H2,1-2H3. The summed E-state index contributed by atoms with van der Waals surface area (Å²) in [6.07, 6.45) is 1.90. The molecule has 0 aliphatic carbocycles. The highest BCUT2D eigenvalue weighted by Crippen LogP contribution is 2.39. The van der Waals surface area contributed by atoms with Crippen LogP contribution in [0.4, 0.5) is 5.69 Å². The Morgan fingerprint density at radius 1 is 1.13 bits per heavy atom. The van der Waals surface area contributed by atoms with E-state index >= 15 is 0 Å². The van der Waals surface area contributed by atoms with Crippen LogP contribution in [0.15, 0.2) is 51.8 Å². The van der Waals surface area contributed by atoms with Crippen LogP contribution < -0.4 is 4.31 Å². The predicted octanol–water partition coefficient (Wildman–Crippen LogP) is 5.02. The van der Waals surface area contributed by atoms with Gasteiger partial charge in [0.05, 0.1) is 22.2 Å². The number of hydrogen-bond donors (Lipinski definition) is 0. The summed E-state index contributed by atoms with van der Waals surface area (Å²) in [6, 6.07) is 10.4. The van der Waals surface area contributed by atoms with Crippen molar-refractivity contribution in [3.8, 4) is 0 Å². The fourth-order valence-electron chi connectivity index (χ4n) is 2.55. The lowest BCUT2D eigenvalue weighted by Crippen LogP contribution is -2.33. The van der Waals surface area contributed by atoms with Crippen molar-refractivity contribution in [2.45, 2.75) is 18.7 Å². The highest BCUT2D eigenvalue weighted by Gasteiger charge is 2.29. The van der Waals surface area contributed by atoms with Crippen molar-refractivity contribution in [3.63, 3.8) is 0 Å². The maximum Gasteiger partial charge on any atom is 0.264 e. The van der Waals surface area contributed by atoms with Gasteiger partial charge in [0.2, 0.25) is 0 Å². The Bertz CT molecular complexity index is 905. The molecule has 2 aromatic carbocycles. The van der Waals surface area contributed by atoms with Crippen LogP contribution in [0.3, 0.4) is 0 Å². The van der Waals surface area contributed by atoms with Crippen LogP contribution in [0.1, 0.15) is 18.1 Å².